The average molecular weight is 164 g/mol. The number of halogens is 1. The van der Waals surface area contributed by atoms with E-state index in [4.69, 9.17) is 11.6 Å². The zero-order valence-electron chi connectivity index (χ0n) is 5.98. The number of carbonyl (C=O) groups excluding carboxylic acids is 2. The van der Waals surface area contributed by atoms with E-state index in [1.807, 2.05) is 0 Å². The Bertz CT molecular complexity index is 145. The van der Waals surface area contributed by atoms with Crippen LogP contribution in [-0.4, -0.2) is 23.6 Å². The molecule has 0 aromatic carbocycles. The number of nitrogens with one attached hydrogen (secondary N) is 1. The first-order valence-corrected chi connectivity index (χ1v) is 3.39. The third kappa shape index (κ3) is 4.32. The maximum Gasteiger partial charge on any atom is 0.238 e. The molecule has 0 bridgehead atoms. The van der Waals surface area contributed by atoms with Crippen LogP contribution in [0.3, 0.4) is 0 Å². The molecule has 1 amide bonds. The van der Waals surface area contributed by atoms with Gasteiger partial charge < -0.3 is 5.32 Å². The second kappa shape index (κ2) is 4.28. The molecule has 0 saturated heterocycles. The van der Waals surface area contributed by atoms with Crippen molar-refractivity contribution in [3.8, 4) is 0 Å². The van der Waals surface area contributed by atoms with Crippen LogP contribution in [0.1, 0.15) is 13.8 Å². The van der Waals surface area contributed by atoms with Crippen molar-refractivity contribution in [2.45, 2.75) is 19.2 Å². The summed E-state index contributed by atoms with van der Waals surface area (Å²) in [5.74, 6) is -0.387. The Labute approximate surface area is 64.7 Å². The molecule has 0 aromatic heterocycles. The molecular weight excluding hydrogens is 154 g/mol. The molecule has 0 aliphatic heterocycles. The summed E-state index contributed by atoms with van der Waals surface area (Å²) >= 11 is 5.39. The Morgan fingerprint density at radius 2 is 2.10 bits per heavy atom. The van der Waals surface area contributed by atoms with Crippen LogP contribution in [0.15, 0.2) is 0 Å². The van der Waals surface area contributed by atoms with Gasteiger partial charge in [-0.3, -0.25) is 9.59 Å². The van der Waals surface area contributed by atoms with Crippen molar-refractivity contribution in [3.05, 3.63) is 0 Å². The molecular formula is C6H10ClNO2. The van der Waals surface area contributed by atoms with E-state index in [1.54, 1.807) is 6.92 Å². The minimum absolute atomic E-state index is 0.0654. The molecule has 0 saturated carbocycles. The van der Waals surface area contributed by atoms with Gasteiger partial charge in [0.25, 0.3) is 0 Å². The number of Topliss-reactive ketones (excluding diaryl/α,β-unsaturated/α-hetero) is 1. The standard InChI is InChI=1S/C6H10ClNO2/c1-4(9)3-8-6(10)5(2)7/h5H,3H2,1-2H3,(H,8,10)/t5-/m0/s1. The maximum absolute atomic E-state index is 10.7. The molecule has 0 aliphatic carbocycles. The van der Waals surface area contributed by atoms with Crippen LogP contribution in [0.2, 0.25) is 0 Å². The second-order valence-corrected chi connectivity index (χ2v) is 2.69. The quantitative estimate of drug-likeness (QED) is 0.609. The van der Waals surface area contributed by atoms with Gasteiger partial charge in [-0.2, -0.15) is 0 Å². The molecule has 0 radical (unpaired) electrons. The van der Waals surface area contributed by atoms with Gasteiger partial charge in [0, 0.05) is 0 Å². The molecule has 0 aromatic rings. The van der Waals surface area contributed by atoms with Gasteiger partial charge in [-0.05, 0) is 13.8 Å². The minimum atomic E-state index is -0.570. The third-order valence-corrected chi connectivity index (χ3v) is 1.07. The average Bonchev–Trinajstić information content (AvgIpc) is 1.82. The lowest BCUT2D eigenvalue weighted by Crippen LogP contribution is -2.33. The van der Waals surface area contributed by atoms with Gasteiger partial charge in [-0.25, -0.2) is 0 Å². The fourth-order valence-corrected chi connectivity index (χ4v) is 0.429. The van der Waals surface area contributed by atoms with E-state index >= 15 is 0 Å². The van der Waals surface area contributed by atoms with Crippen molar-refractivity contribution in [1.82, 2.24) is 5.32 Å². The summed E-state index contributed by atoms with van der Waals surface area (Å²) in [6.07, 6.45) is 0. The molecule has 0 fully saturated rings. The second-order valence-electron chi connectivity index (χ2n) is 2.04. The number of amides is 1. The smallest absolute Gasteiger partial charge is 0.238 e. The summed E-state index contributed by atoms with van der Waals surface area (Å²) in [7, 11) is 0. The molecule has 1 atom stereocenters. The SMILES string of the molecule is CC(=O)CNC(=O)[C@H](C)Cl. The van der Waals surface area contributed by atoms with Gasteiger partial charge in [0.15, 0.2) is 0 Å². The lowest BCUT2D eigenvalue weighted by Gasteiger charge is -2.02. The number of carbonyl (C=O) groups is 2. The van der Waals surface area contributed by atoms with Crippen molar-refractivity contribution in [2.75, 3.05) is 6.54 Å². The molecule has 58 valence electrons. The monoisotopic (exact) mass is 163 g/mol. The summed E-state index contributed by atoms with van der Waals surface area (Å²) in [6, 6.07) is 0. The molecule has 1 N–H and O–H groups in total. The van der Waals surface area contributed by atoms with Crippen molar-refractivity contribution in [1.29, 1.82) is 0 Å². The summed E-state index contributed by atoms with van der Waals surface area (Å²) in [6.45, 7) is 3.02. The van der Waals surface area contributed by atoms with Crippen molar-refractivity contribution in [3.63, 3.8) is 0 Å². The summed E-state index contributed by atoms with van der Waals surface area (Å²) in [4.78, 5) is 21.0. The first-order valence-electron chi connectivity index (χ1n) is 2.95. The van der Waals surface area contributed by atoms with Gasteiger partial charge in [-0.15, -0.1) is 11.6 Å². The summed E-state index contributed by atoms with van der Waals surface area (Å²) < 4.78 is 0. The Morgan fingerprint density at radius 1 is 1.60 bits per heavy atom. The fraction of sp³-hybridized carbons (Fsp3) is 0.667. The Balaban J connectivity index is 3.50. The highest BCUT2D eigenvalue weighted by molar-refractivity contribution is 6.30. The summed E-state index contributed by atoms with van der Waals surface area (Å²) in [5, 5.41) is 1.79. The fourth-order valence-electron chi connectivity index (χ4n) is 0.352. The first kappa shape index (κ1) is 9.43. The number of hydrogen-bond donors (Lipinski definition) is 1. The first-order chi connectivity index (χ1) is 4.54. The van der Waals surface area contributed by atoms with Crippen LogP contribution in [0, 0.1) is 0 Å². The normalized spacial score (nSPS) is 12.3. The van der Waals surface area contributed by atoms with Crippen molar-refractivity contribution < 1.29 is 9.59 Å². The lowest BCUT2D eigenvalue weighted by molar-refractivity contribution is -0.123. The van der Waals surface area contributed by atoms with Crippen LogP contribution in [-0.2, 0) is 9.59 Å². The highest BCUT2D eigenvalue weighted by Crippen LogP contribution is 1.91. The molecule has 0 rings (SSSR count). The van der Waals surface area contributed by atoms with Crippen LogP contribution in [0.4, 0.5) is 0 Å². The van der Waals surface area contributed by atoms with E-state index in [0.717, 1.165) is 0 Å². The predicted molar refractivity (Wildman–Crippen MR) is 39.0 cm³/mol. The van der Waals surface area contributed by atoms with Gasteiger partial charge in [0.05, 0.1) is 6.54 Å². The van der Waals surface area contributed by atoms with E-state index < -0.39 is 5.38 Å². The number of rotatable bonds is 3. The highest BCUT2D eigenvalue weighted by atomic mass is 35.5. The van der Waals surface area contributed by atoms with E-state index in [9.17, 15) is 9.59 Å². The van der Waals surface area contributed by atoms with Crippen LogP contribution in [0.25, 0.3) is 0 Å². The van der Waals surface area contributed by atoms with E-state index in [0.29, 0.717) is 0 Å². The zero-order valence-corrected chi connectivity index (χ0v) is 6.73. The van der Waals surface area contributed by atoms with Crippen LogP contribution >= 0.6 is 11.6 Å². The Morgan fingerprint density at radius 3 is 2.40 bits per heavy atom. The minimum Gasteiger partial charge on any atom is -0.348 e. The number of hydrogen-bond acceptors (Lipinski definition) is 2. The molecule has 0 unspecified atom stereocenters. The summed E-state index contributed by atoms with van der Waals surface area (Å²) in [5.41, 5.74) is 0. The molecule has 0 aliphatic rings. The van der Waals surface area contributed by atoms with Crippen molar-refractivity contribution in [2.24, 2.45) is 0 Å². The topological polar surface area (TPSA) is 46.2 Å². The zero-order chi connectivity index (χ0) is 8.15. The third-order valence-electron chi connectivity index (χ3n) is 0.873. The molecule has 4 heteroatoms. The van der Waals surface area contributed by atoms with Crippen LogP contribution < -0.4 is 5.32 Å². The van der Waals surface area contributed by atoms with Gasteiger partial charge in [-0.1, -0.05) is 0 Å². The van der Waals surface area contributed by atoms with Gasteiger partial charge >= 0.3 is 0 Å². The largest absolute Gasteiger partial charge is 0.348 e. The van der Waals surface area contributed by atoms with Crippen LogP contribution in [0.5, 0.6) is 0 Å². The number of ketones is 1. The Kier molecular flexibility index (Phi) is 4.03. The molecule has 0 spiro atoms. The van der Waals surface area contributed by atoms with E-state index in [1.165, 1.54) is 6.92 Å². The molecule has 3 nitrogen and oxygen atoms in total. The van der Waals surface area contributed by atoms with Gasteiger partial charge in [0.2, 0.25) is 5.91 Å². The van der Waals surface area contributed by atoms with E-state index in [-0.39, 0.29) is 18.2 Å². The van der Waals surface area contributed by atoms with Crippen molar-refractivity contribution >= 4 is 23.3 Å². The molecule has 10 heavy (non-hydrogen) atoms. The lowest BCUT2D eigenvalue weighted by atomic mass is 10.4. The van der Waals surface area contributed by atoms with Gasteiger partial charge in [0.1, 0.15) is 11.2 Å². The van der Waals surface area contributed by atoms with E-state index in [2.05, 4.69) is 5.32 Å². The predicted octanol–water partition coefficient (Wildman–Crippen LogP) is 0.319. The number of alkyl halides is 1. The molecule has 0 heterocycles. The Hall–Kier alpha value is -0.570. The maximum atomic E-state index is 10.7. The highest BCUT2D eigenvalue weighted by Gasteiger charge is 2.07.